The second-order valence-electron chi connectivity index (χ2n) is 14.6. The van der Waals surface area contributed by atoms with Crippen LogP contribution in [-0.2, 0) is 25.3 Å². The molecule has 0 radical (unpaired) electrons. The normalized spacial score (nSPS) is 17.6. The van der Waals surface area contributed by atoms with Crippen LogP contribution in [0.15, 0.2) is 121 Å². The van der Waals surface area contributed by atoms with E-state index in [-0.39, 0.29) is 16.6 Å². The number of allylic oxidation sites excluding steroid dienone is 8. The van der Waals surface area contributed by atoms with E-state index < -0.39 is 10.1 Å². The van der Waals surface area contributed by atoms with E-state index in [9.17, 15) is 13.0 Å². The van der Waals surface area contributed by atoms with Crippen molar-refractivity contribution in [3.05, 3.63) is 132 Å². The summed E-state index contributed by atoms with van der Waals surface area (Å²) in [4.78, 5) is 2.45. The first-order valence-corrected chi connectivity index (χ1v) is 20.5. The second kappa shape index (κ2) is 15.9. The van der Waals surface area contributed by atoms with Crippen molar-refractivity contribution in [2.45, 2.75) is 64.2 Å². The number of fused-ring (bicyclic) bond motifs is 6. The van der Waals surface area contributed by atoms with Gasteiger partial charge in [0.1, 0.15) is 6.54 Å². The second-order valence-corrected chi connectivity index (χ2v) is 16.9. The average molecular weight is 738 g/mol. The maximum Gasteiger partial charge on any atom is 0.264 e. The van der Waals surface area contributed by atoms with Gasteiger partial charge in [0.2, 0.25) is 5.69 Å². The van der Waals surface area contributed by atoms with Crippen molar-refractivity contribution in [2.24, 2.45) is 0 Å². The minimum atomic E-state index is -3.99. The lowest BCUT2D eigenvalue weighted by Crippen LogP contribution is -2.28. The molecule has 0 amide bonds. The highest BCUT2D eigenvalue weighted by molar-refractivity contribution is 7.94. The lowest BCUT2D eigenvalue weighted by atomic mass is 9.79. The molecule has 0 aliphatic carbocycles. The molecular formula is C43H49N2O5S2+. The van der Waals surface area contributed by atoms with Crippen LogP contribution in [0, 0.1) is 0 Å². The van der Waals surface area contributed by atoms with Gasteiger partial charge in [-0.1, -0.05) is 98.8 Å². The fourth-order valence-electron chi connectivity index (χ4n) is 8.06. The van der Waals surface area contributed by atoms with Gasteiger partial charge in [-0.2, -0.15) is 17.3 Å². The predicted molar refractivity (Wildman–Crippen MR) is 218 cm³/mol. The summed E-state index contributed by atoms with van der Waals surface area (Å²) in [7, 11) is -3.99. The van der Waals surface area contributed by atoms with E-state index in [4.69, 9.17) is 5.26 Å². The summed E-state index contributed by atoms with van der Waals surface area (Å²) in [6.07, 6.45) is 17.7. The minimum Gasteiger partial charge on any atom is -0.344 e. The number of hydrogen-bond acceptors (Lipinski definition) is 6. The first-order chi connectivity index (χ1) is 24.9. The zero-order valence-electron chi connectivity index (χ0n) is 30.5. The van der Waals surface area contributed by atoms with Crippen molar-refractivity contribution >= 4 is 60.8 Å². The largest absolute Gasteiger partial charge is 0.344 e. The standard InChI is InChI=1S/C43H48N2O5S2/c1-42(2)38(44(28-14-16-30-51-50-46)36-26-24-32-18-10-12-20-34(32)40(36)42)22-8-6-5-7-9-23-39-43(3,4)41-35-21-13-11-19-33(35)25-27-37(41)45(39)29-15-17-31-52(47,48)49/h5-13,18-27H,14-17,28-31H2,1-4H3,(H-,46,47,48,49)/p+1. The third kappa shape index (κ3) is 7.84. The molecule has 6 rings (SSSR count). The van der Waals surface area contributed by atoms with Crippen molar-refractivity contribution in [2.75, 3.05) is 29.5 Å². The topological polar surface area (TPSA) is 90.1 Å². The van der Waals surface area contributed by atoms with Gasteiger partial charge in [0.05, 0.1) is 11.2 Å². The molecule has 2 N–H and O–H groups in total. The van der Waals surface area contributed by atoms with E-state index in [2.05, 4.69) is 157 Å². The van der Waals surface area contributed by atoms with Gasteiger partial charge in [-0.15, -0.1) is 0 Å². The van der Waals surface area contributed by atoms with Crippen LogP contribution in [0.4, 0.5) is 11.4 Å². The molecule has 2 aliphatic heterocycles. The van der Waals surface area contributed by atoms with E-state index in [1.165, 1.54) is 44.1 Å². The van der Waals surface area contributed by atoms with Gasteiger partial charge in [-0.25, -0.2) is 5.26 Å². The quantitative estimate of drug-likeness (QED) is 0.0239. The van der Waals surface area contributed by atoms with E-state index >= 15 is 0 Å². The van der Waals surface area contributed by atoms with Gasteiger partial charge in [0.25, 0.3) is 10.1 Å². The molecule has 4 aromatic carbocycles. The Morgan fingerprint density at radius 1 is 0.769 bits per heavy atom. The van der Waals surface area contributed by atoms with Crippen molar-refractivity contribution in [1.82, 2.24) is 0 Å². The van der Waals surface area contributed by atoms with Gasteiger partial charge >= 0.3 is 0 Å². The molecular weight excluding hydrogens is 689 g/mol. The third-order valence-corrected chi connectivity index (χ3v) is 11.8. The van der Waals surface area contributed by atoms with E-state index in [0.717, 1.165) is 48.6 Å². The summed E-state index contributed by atoms with van der Waals surface area (Å²) in [5.41, 5.74) is 6.95. The fourth-order valence-corrected chi connectivity index (χ4v) is 9.03. The summed E-state index contributed by atoms with van der Waals surface area (Å²) in [5, 5.41) is 13.7. The summed E-state index contributed by atoms with van der Waals surface area (Å²) >= 11 is 1.08. The first-order valence-electron chi connectivity index (χ1n) is 18.0. The maximum absolute atomic E-state index is 11.4. The lowest BCUT2D eigenvalue weighted by molar-refractivity contribution is -0.438. The summed E-state index contributed by atoms with van der Waals surface area (Å²) in [6, 6.07) is 25.9. The third-order valence-electron chi connectivity index (χ3n) is 10.4. The molecule has 0 saturated carbocycles. The number of benzene rings is 4. The summed E-state index contributed by atoms with van der Waals surface area (Å²) in [5.74, 6) is 0.502. The summed E-state index contributed by atoms with van der Waals surface area (Å²) < 4.78 is 38.6. The number of nitrogens with zero attached hydrogens (tertiary/aromatic N) is 2. The van der Waals surface area contributed by atoms with Gasteiger partial charge in [0, 0.05) is 65.3 Å². The maximum atomic E-state index is 11.4. The molecule has 0 bridgehead atoms. The Balaban J connectivity index is 1.24. The van der Waals surface area contributed by atoms with Crippen LogP contribution in [0.3, 0.4) is 0 Å². The van der Waals surface area contributed by atoms with Crippen molar-refractivity contribution in [1.29, 1.82) is 0 Å². The molecule has 2 heterocycles. The zero-order chi connectivity index (χ0) is 36.9. The smallest absolute Gasteiger partial charge is 0.264 e. The lowest BCUT2D eigenvalue weighted by Gasteiger charge is -2.27. The highest BCUT2D eigenvalue weighted by Gasteiger charge is 2.45. The van der Waals surface area contributed by atoms with Crippen LogP contribution < -0.4 is 4.90 Å². The van der Waals surface area contributed by atoms with Crippen molar-refractivity contribution in [3.63, 3.8) is 0 Å². The Hall–Kier alpha value is -3.99. The highest BCUT2D eigenvalue weighted by atomic mass is 32.2. The van der Waals surface area contributed by atoms with Crippen molar-refractivity contribution < 1.29 is 27.1 Å². The van der Waals surface area contributed by atoms with Crippen LogP contribution in [-0.4, -0.2) is 53.1 Å². The molecule has 0 saturated heterocycles. The van der Waals surface area contributed by atoms with Crippen LogP contribution in [0.5, 0.6) is 0 Å². The molecule has 0 spiro atoms. The Morgan fingerprint density at radius 2 is 1.42 bits per heavy atom. The van der Waals surface area contributed by atoms with Crippen molar-refractivity contribution in [3.8, 4) is 0 Å². The molecule has 0 atom stereocenters. The van der Waals surface area contributed by atoms with Crippen LogP contribution in [0.25, 0.3) is 21.5 Å². The SMILES string of the molecule is CC1(C)C(/C=C/C=C/C=C/C=C2\N(CCCCSOO)c3ccc4ccccc4c3C2(C)C)=[N+](CCCCS(=O)(=O)O)c2ccc3ccccc3c21. The van der Waals surface area contributed by atoms with E-state index in [1.807, 2.05) is 0 Å². The number of hydrogen-bond donors (Lipinski definition) is 2. The Bertz CT molecular complexity index is 2210. The predicted octanol–water partition coefficient (Wildman–Crippen LogP) is 10.3. The minimum absolute atomic E-state index is 0.193. The zero-order valence-corrected chi connectivity index (χ0v) is 32.1. The van der Waals surface area contributed by atoms with Crippen LogP contribution >= 0.6 is 12.0 Å². The highest BCUT2D eigenvalue weighted by Crippen LogP contribution is 2.51. The molecule has 52 heavy (non-hydrogen) atoms. The molecule has 9 heteroatoms. The monoisotopic (exact) mass is 737 g/mol. The Kier molecular flexibility index (Phi) is 11.6. The molecule has 7 nitrogen and oxygen atoms in total. The van der Waals surface area contributed by atoms with E-state index in [0.29, 0.717) is 19.4 Å². The fraction of sp³-hybridized carbons (Fsp3) is 0.326. The van der Waals surface area contributed by atoms with E-state index in [1.54, 1.807) is 0 Å². The molecule has 0 unspecified atom stereocenters. The molecule has 0 fully saturated rings. The van der Waals surface area contributed by atoms with Crippen LogP contribution in [0.1, 0.15) is 64.5 Å². The number of rotatable bonds is 15. The molecule has 4 aromatic rings. The van der Waals surface area contributed by atoms with Gasteiger partial charge in [0.15, 0.2) is 5.71 Å². The molecule has 2 aliphatic rings. The molecule has 0 aromatic heterocycles. The van der Waals surface area contributed by atoms with Gasteiger partial charge in [-0.05, 0) is 78.4 Å². The number of anilines is 1. The van der Waals surface area contributed by atoms with Gasteiger partial charge < -0.3 is 4.90 Å². The van der Waals surface area contributed by atoms with Gasteiger partial charge in [-0.3, -0.25) is 4.55 Å². The Labute approximate surface area is 312 Å². The van der Waals surface area contributed by atoms with Crippen LogP contribution in [0.2, 0.25) is 0 Å². The first kappa shape index (κ1) is 37.8. The Morgan fingerprint density at radius 3 is 2.13 bits per heavy atom. The number of unbranched alkanes of at least 4 members (excludes halogenated alkanes) is 2. The summed E-state index contributed by atoms with van der Waals surface area (Å²) in [6.45, 7) is 10.6. The molecule has 272 valence electrons. The average Bonchev–Trinajstić information content (AvgIpc) is 3.47.